The maximum Gasteiger partial charge on any atom is 0.254 e. The predicted octanol–water partition coefficient (Wildman–Crippen LogP) is 4.31. The second-order valence-corrected chi connectivity index (χ2v) is 9.97. The van der Waals surface area contributed by atoms with Gasteiger partial charge in [-0.2, -0.15) is 0 Å². The molecule has 2 amide bonds. The Bertz CT molecular complexity index is 1190. The molecular formula is C27H30N4O2. The zero-order valence-corrected chi connectivity index (χ0v) is 18.9. The van der Waals surface area contributed by atoms with Crippen LogP contribution in [0.25, 0.3) is 11.0 Å². The molecular weight excluding hydrogens is 412 g/mol. The van der Waals surface area contributed by atoms with Crippen LogP contribution in [0, 0.1) is 5.92 Å². The van der Waals surface area contributed by atoms with Crippen molar-refractivity contribution in [3.05, 3.63) is 65.5 Å². The quantitative estimate of drug-likeness (QED) is 0.640. The molecule has 3 aliphatic rings. The van der Waals surface area contributed by atoms with Crippen LogP contribution < -0.4 is 0 Å². The third kappa shape index (κ3) is 3.81. The molecule has 3 aliphatic heterocycles. The second kappa shape index (κ2) is 8.32. The molecule has 0 radical (unpaired) electrons. The van der Waals surface area contributed by atoms with Gasteiger partial charge in [0.2, 0.25) is 5.91 Å². The van der Waals surface area contributed by atoms with Crippen LogP contribution in [-0.2, 0) is 17.8 Å². The van der Waals surface area contributed by atoms with Crippen molar-refractivity contribution in [1.82, 2.24) is 19.8 Å². The molecule has 5 heterocycles. The summed E-state index contributed by atoms with van der Waals surface area (Å²) in [5, 5.41) is 1.22. The van der Waals surface area contributed by atoms with Crippen LogP contribution in [0.1, 0.15) is 60.0 Å². The van der Waals surface area contributed by atoms with Crippen molar-refractivity contribution in [2.45, 2.75) is 63.6 Å². The fourth-order valence-electron chi connectivity index (χ4n) is 6.34. The van der Waals surface area contributed by atoms with Gasteiger partial charge in [0.05, 0.1) is 0 Å². The van der Waals surface area contributed by atoms with Crippen molar-refractivity contribution < 1.29 is 9.59 Å². The molecule has 6 heteroatoms. The number of aromatic nitrogens is 2. The van der Waals surface area contributed by atoms with Crippen LogP contribution >= 0.6 is 0 Å². The smallest absolute Gasteiger partial charge is 0.254 e. The summed E-state index contributed by atoms with van der Waals surface area (Å²) in [6, 6.07) is 12.8. The number of hydrogen-bond donors (Lipinski definition) is 1. The van der Waals surface area contributed by atoms with Crippen molar-refractivity contribution in [3.63, 3.8) is 0 Å². The van der Waals surface area contributed by atoms with Crippen molar-refractivity contribution in [2.75, 3.05) is 6.54 Å². The Hall–Kier alpha value is -3.15. The Labute approximate surface area is 194 Å². The van der Waals surface area contributed by atoms with E-state index < -0.39 is 0 Å². The zero-order valence-electron chi connectivity index (χ0n) is 18.9. The SMILES string of the molecule is O=C1CCCN1Cc1cccc(C(=O)N2C3CCC2CC(Cc2ccnc4[nH]ccc24)C3)c1. The lowest BCUT2D eigenvalue weighted by molar-refractivity contribution is -0.128. The highest BCUT2D eigenvalue weighted by atomic mass is 16.2. The minimum atomic E-state index is 0.160. The number of piperidine rings is 1. The number of benzene rings is 1. The molecule has 2 bridgehead atoms. The maximum atomic E-state index is 13.6. The average molecular weight is 443 g/mol. The molecule has 2 unspecified atom stereocenters. The van der Waals surface area contributed by atoms with Gasteiger partial charge in [-0.25, -0.2) is 4.98 Å². The van der Waals surface area contributed by atoms with E-state index >= 15 is 0 Å². The molecule has 0 spiro atoms. The fourth-order valence-corrected chi connectivity index (χ4v) is 6.34. The molecule has 3 fully saturated rings. The summed E-state index contributed by atoms with van der Waals surface area (Å²) in [6.07, 6.45) is 10.8. The molecule has 1 aromatic carbocycles. The van der Waals surface area contributed by atoms with Crippen molar-refractivity contribution in [3.8, 4) is 0 Å². The van der Waals surface area contributed by atoms with Gasteiger partial charge in [-0.3, -0.25) is 9.59 Å². The highest BCUT2D eigenvalue weighted by Crippen LogP contribution is 2.41. The van der Waals surface area contributed by atoms with Crippen molar-refractivity contribution >= 4 is 22.8 Å². The second-order valence-electron chi connectivity index (χ2n) is 9.97. The molecule has 2 aromatic heterocycles. The third-order valence-electron chi connectivity index (χ3n) is 7.84. The highest BCUT2D eigenvalue weighted by Gasteiger charge is 2.43. The number of amides is 2. The van der Waals surface area contributed by atoms with Gasteiger partial charge in [0.25, 0.3) is 5.91 Å². The van der Waals surface area contributed by atoms with Crippen LogP contribution in [0.15, 0.2) is 48.8 Å². The number of carbonyl (C=O) groups is 2. The molecule has 2 atom stereocenters. The van der Waals surface area contributed by atoms with Crippen LogP contribution in [-0.4, -0.2) is 50.2 Å². The number of carbonyl (C=O) groups excluding carboxylic acids is 2. The Morgan fingerprint density at radius 1 is 1.12 bits per heavy atom. The minimum absolute atomic E-state index is 0.160. The normalized spacial score (nSPS) is 24.7. The van der Waals surface area contributed by atoms with Crippen molar-refractivity contribution in [2.24, 2.45) is 5.92 Å². The molecule has 3 aromatic rings. The van der Waals surface area contributed by atoms with Crippen molar-refractivity contribution in [1.29, 1.82) is 0 Å². The molecule has 6 nitrogen and oxygen atoms in total. The van der Waals surface area contributed by atoms with E-state index in [0.29, 0.717) is 31.0 Å². The molecule has 3 saturated heterocycles. The number of aromatic amines is 1. The largest absolute Gasteiger partial charge is 0.346 e. The first kappa shape index (κ1) is 20.5. The van der Waals surface area contributed by atoms with Gasteiger partial charge in [-0.05, 0) is 79.8 Å². The summed E-state index contributed by atoms with van der Waals surface area (Å²) in [7, 11) is 0. The summed E-state index contributed by atoms with van der Waals surface area (Å²) < 4.78 is 0. The van der Waals surface area contributed by atoms with Gasteiger partial charge in [0, 0.05) is 54.9 Å². The van der Waals surface area contributed by atoms with Crippen LogP contribution in [0.2, 0.25) is 0 Å². The monoisotopic (exact) mass is 442 g/mol. The Morgan fingerprint density at radius 2 is 1.97 bits per heavy atom. The van der Waals surface area contributed by atoms with Crippen LogP contribution in [0.4, 0.5) is 0 Å². The van der Waals surface area contributed by atoms with Gasteiger partial charge in [0.1, 0.15) is 5.65 Å². The topological polar surface area (TPSA) is 69.3 Å². The molecule has 1 N–H and O–H groups in total. The molecule has 0 saturated carbocycles. The standard InChI is InChI=1S/C27H30N4O2/c32-25-5-2-12-30(25)17-18-3-1-4-21(13-18)27(33)31-22-6-7-23(31)16-19(15-22)14-20-8-10-28-26-24(20)9-11-29-26/h1,3-4,8-11,13,19,22-23H,2,5-7,12,14-17H2,(H,28,29). The summed E-state index contributed by atoms with van der Waals surface area (Å²) in [6.45, 7) is 1.43. The molecule has 0 aliphatic carbocycles. The summed E-state index contributed by atoms with van der Waals surface area (Å²) in [4.78, 5) is 37.3. The summed E-state index contributed by atoms with van der Waals surface area (Å²) >= 11 is 0. The van der Waals surface area contributed by atoms with E-state index in [1.54, 1.807) is 0 Å². The van der Waals surface area contributed by atoms with Gasteiger partial charge in [0.15, 0.2) is 0 Å². The van der Waals surface area contributed by atoms with E-state index in [0.717, 1.165) is 61.8 Å². The summed E-state index contributed by atoms with van der Waals surface area (Å²) in [5.41, 5.74) is 4.12. The minimum Gasteiger partial charge on any atom is -0.346 e. The van der Waals surface area contributed by atoms with E-state index in [4.69, 9.17) is 0 Å². The number of rotatable bonds is 5. The lowest BCUT2D eigenvalue weighted by atomic mass is 9.85. The molecule has 6 rings (SSSR count). The van der Waals surface area contributed by atoms with E-state index in [-0.39, 0.29) is 11.8 Å². The highest BCUT2D eigenvalue weighted by molar-refractivity contribution is 5.95. The Morgan fingerprint density at radius 3 is 2.76 bits per heavy atom. The third-order valence-corrected chi connectivity index (χ3v) is 7.84. The zero-order chi connectivity index (χ0) is 22.4. The van der Waals surface area contributed by atoms with Gasteiger partial charge in [-0.1, -0.05) is 12.1 Å². The molecule has 33 heavy (non-hydrogen) atoms. The number of H-pyrrole nitrogens is 1. The maximum absolute atomic E-state index is 13.6. The number of nitrogens with one attached hydrogen (secondary N) is 1. The lowest BCUT2D eigenvalue weighted by Crippen LogP contribution is -2.47. The fraction of sp³-hybridized carbons (Fsp3) is 0.444. The average Bonchev–Trinajstić information content (AvgIpc) is 3.52. The number of nitrogens with zero attached hydrogens (tertiary/aromatic N) is 3. The first-order valence-electron chi connectivity index (χ1n) is 12.3. The number of fused-ring (bicyclic) bond motifs is 3. The van der Waals surface area contributed by atoms with Crippen LogP contribution in [0.5, 0.6) is 0 Å². The lowest BCUT2D eigenvalue weighted by Gasteiger charge is -2.39. The van der Waals surface area contributed by atoms with Gasteiger partial charge < -0.3 is 14.8 Å². The first-order valence-corrected chi connectivity index (χ1v) is 12.3. The summed E-state index contributed by atoms with van der Waals surface area (Å²) in [5.74, 6) is 0.977. The predicted molar refractivity (Wildman–Crippen MR) is 127 cm³/mol. The van der Waals surface area contributed by atoms with E-state index in [1.807, 2.05) is 41.6 Å². The van der Waals surface area contributed by atoms with Gasteiger partial charge >= 0.3 is 0 Å². The number of pyridine rings is 1. The first-order chi connectivity index (χ1) is 16.2. The van der Waals surface area contributed by atoms with E-state index in [9.17, 15) is 9.59 Å². The van der Waals surface area contributed by atoms with E-state index in [2.05, 4.69) is 27.0 Å². The van der Waals surface area contributed by atoms with Crippen LogP contribution in [0.3, 0.4) is 0 Å². The number of likely N-dealkylation sites (tertiary alicyclic amines) is 1. The Kier molecular flexibility index (Phi) is 5.16. The Balaban J connectivity index is 1.16. The molecule has 170 valence electrons. The van der Waals surface area contributed by atoms with E-state index in [1.165, 1.54) is 10.9 Å². The van der Waals surface area contributed by atoms with Gasteiger partial charge in [-0.15, -0.1) is 0 Å². The number of hydrogen-bond acceptors (Lipinski definition) is 3.